The van der Waals surface area contributed by atoms with Crippen molar-refractivity contribution in [2.24, 2.45) is 5.92 Å². The second kappa shape index (κ2) is 3.33. The summed E-state index contributed by atoms with van der Waals surface area (Å²) in [4.78, 5) is 11.7. The topological polar surface area (TPSA) is 57.5 Å². The fourth-order valence-corrected chi connectivity index (χ4v) is 1.62. The van der Waals surface area contributed by atoms with E-state index in [9.17, 15) is 9.90 Å². The van der Waals surface area contributed by atoms with Crippen molar-refractivity contribution < 1.29 is 15.0 Å². The van der Waals surface area contributed by atoms with Crippen LogP contribution in [0.1, 0.15) is 29.6 Å². The minimum Gasteiger partial charge on any atom is -0.508 e. The molecule has 0 aliphatic heterocycles. The molecule has 1 fully saturated rings. The van der Waals surface area contributed by atoms with E-state index >= 15 is 0 Å². The highest BCUT2D eigenvalue weighted by Gasteiger charge is 2.27. The van der Waals surface area contributed by atoms with Crippen molar-refractivity contribution in [1.82, 2.24) is 0 Å². The van der Waals surface area contributed by atoms with Crippen molar-refractivity contribution in [2.75, 3.05) is 0 Å². The van der Waals surface area contributed by atoms with Gasteiger partial charge in [-0.15, -0.1) is 0 Å². The van der Waals surface area contributed by atoms with Crippen LogP contribution in [0.2, 0.25) is 0 Å². The molecule has 0 amide bonds. The van der Waals surface area contributed by atoms with E-state index in [0.717, 1.165) is 19.3 Å². The number of ketones is 1. The van der Waals surface area contributed by atoms with E-state index in [2.05, 4.69) is 0 Å². The zero-order valence-corrected chi connectivity index (χ0v) is 7.73. The minimum absolute atomic E-state index is 0.00579. The van der Waals surface area contributed by atoms with E-state index in [1.807, 2.05) is 0 Å². The Morgan fingerprint density at radius 3 is 2.50 bits per heavy atom. The minimum atomic E-state index is -0.123. The van der Waals surface area contributed by atoms with Gasteiger partial charge in [-0.2, -0.15) is 0 Å². The Morgan fingerprint density at radius 2 is 2.00 bits per heavy atom. The third kappa shape index (κ3) is 1.45. The van der Waals surface area contributed by atoms with Crippen molar-refractivity contribution in [1.29, 1.82) is 0 Å². The molecule has 3 heteroatoms. The molecule has 2 N–H and O–H groups in total. The molecule has 74 valence electrons. The molecule has 0 unspecified atom stereocenters. The van der Waals surface area contributed by atoms with Crippen LogP contribution in [-0.2, 0) is 0 Å². The van der Waals surface area contributed by atoms with E-state index in [0.29, 0.717) is 5.56 Å². The lowest BCUT2D eigenvalue weighted by atomic mass is 9.80. The maximum atomic E-state index is 11.7. The molecule has 0 radical (unpaired) electrons. The number of phenolic OH excluding ortho intramolecular Hbond substituents is 2. The highest BCUT2D eigenvalue weighted by atomic mass is 16.3. The first-order valence-corrected chi connectivity index (χ1v) is 4.74. The van der Waals surface area contributed by atoms with Gasteiger partial charge in [-0.25, -0.2) is 0 Å². The van der Waals surface area contributed by atoms with Gasteiger partial charge in [0.1, 0.15) is 11.5 Å². The van der Waals surface area contributed by atoms with Gasteiger partial charge < -0.3 is 10.2 Å². The third-order valence-corrected chi connectivity index (χ3v) is 2.72. The quantitative estimate of drug-likeness (QED) is 0.705. The van der Waals surface area contributed by atoms with Crippen LogP contribution >= 0.6 is 0 Å². The average Bonchev–Trinajstić information content (AvgIpc) is 2.00. The monoisotopic (exact) mass is 192 g/mol. The Labute approximate surface area is 82.0 Å². The molecule has 0 saturated heterocycles. The molecule has 14 heavy (non-hydrogen) atoms. The molecule has 1 aliphatic carbocycles. The summed E-state index contributed by atoms with van der Waals surface area (Å²) < 4.78 is 0. The van der Waals surface area contributed by atoms with Gasteiger partial charge >= 0.3 is 0 Å². The third-order valence-electron chi connectivity index (χ3n) is 2.72. The van der Waals surface area contributed by atoms with Gasteiger partial charge in [0.2, 0.25) is 0 Å². The van der Waals surface area contributed by atoms with Crippen LogP contribution < -0.4 is 0 Å². The van der Waals surface area contributed by atoms with Crippen LogP contribution in [0, 0.1) is 5.92 Å². The van der Waals surface area contributed by atoms with E-state index in [4.69, 9.17) is 5.11 Å². The van der Waals surface area contributed by atoms with Gasteiger partial charge in [-0.3, -0.25) is 4.79 Å². The van der Waals surface area contributed by atoms with Gasteiger partial charge in [-0.05, 0) is 25.0 Å². The van der Waals surface area contributed by atoms with E-state index in [1.54, 1.807) is 0 Å². The van der Waals surface area contributed by atoms with E-state index in [-0.39, 0.29) is 23.2 Å². The number of benzene rings is 1. The summed E-state index contributed by atoms with van der Waals surface area (Å²) in [5.41, 5.74) is 0.326. The number of phenols is 2. The smallest absolute Gasteiger partial charge is 0.169 e. The normalized spacial score (nSPS) is 16.3. The lowest BCUT2D eigenvalue weighted by Gasteiger charge is -2.23. The predicted molar refractivity (Wildman–Crippen MR) is 51.4 cm³/mol. The standard InChI is InChI=1S/C11H12O3/c12-8-4-5-9(10(13)6-8)11(14)7-2-1-3-7/h4-7,12-13H,1-3H2. The molecule has 3 nitrogen and oxygen atoms in total. The second-order valence-corrected chi connectivity index (χ2v) is 3.69. The first-order valence-electron chi connectivity index (χ1n) is 4.74. The Kier molecular flexibility index (Phi) is 2.15. The molecular weight excluding hydrogens is 180 g/mol. The fraction of sp³-hybridized carbons (Fsp3) is 0.364. The average molecular weight is 192 g/mol. The molecule has 0 aromatic heterocycles. The summed E-state index contributed by atoms with van der Waals surface area (Å²) in [5, 5.41) is 18.5. The molecule has 1 aromatic carbocycles. The Morgan fingerprint density at radius 1 is 1.29 bits per heavy atom. The molecule has 0 spiro atoms. The first kappa shape index (κ1) is 9.06. The number of carbonyl (C=O) groups excluding carboxylic acids is 1. The lowest BCUT2D eigenvalue weighted by molar-refractivity contribution is 0.0852. The van der Waals surface area contributed by atoms with Crippen LogP contribution in [0.4, 0.5) is 0 Å². The largest absolute Gasteiger partial charge is 0.508 e. The summed E-state index contributed by atoms with van der Waals surface area (Å²) in [6.45, 7) is 0. The molecule has 2 rings (SSSR count). The number of hydrogen-bond acceptors (Lipinski definition) is 3. The van der Waals surface area contributed by atoms with Crippen LogP contribution in [0.3, 0.4) is 0 Å². The molecule has 0 atom stereocenters. The summed E-state index contributed by atoms with van der Waals surface area (Å²) >= 11 is 0. The highest BCUT2D eigenvalue weighted by molar-refractivity contribution is 6.00. The number of Topliss-reactive ketones (excluding diaryl/α,β-unsaturated/α-hetero) is 1. The molecule has 1 saturated carbocycles. The van der Waals surface area contributed by atoms with Crippen LogP contribution in [0.5, 0.6) is 11.5 Å². The first-order chi connectivity index (χ1) is 6.68. The Balaban J connectivity index is 2.26. The van der Waals surface area contributed by atoms with E-state index < -0.39 is 0 Å². The second-order valence-electron chi connectivity index (χ2n) is 3.69. The fourth-order valence-electron chi connectivity index (χ4n) is 1.62. The lowest BCUT2D eigenvalue weighted by Crippen LogP contribution is -2.21. The molecule has 0 heterocycles. The number of rotatable bonds is 2. The van der Waals surface area contributed by atoms with Gasteiger partial charge in [0, 0.05) is 12.0 Å². The van der Waals surface area contributed by atoms with Gasteiger partial charge in [0.15, 0.2) is 5.78 Å². The zero-order chi connectivity index (χ0) is 10.1. The van der Waals surface area contributed by atoms with Crippen LogP contribution in [0.25, 0.3) is 0 Å². The molecular formula is C11H12O3. The number of hydrogen-bond donors (Lipinski definition) is 2. The summed E-state index contributed by atoms with van der Waals surface area (Å²) in [6, 6.07) is 4.10. The maximum Gasteiger partial charge on any atom is 0.169 e. The summed E-state index contributed by atoms with van der Waals surface area (Å²) in [7, 11) is 0. The summed E-state index contributed by atoms with van der Waals surface area (Å²) in [6.07, 6.45) is 2.92. The van der Waals surface area contributed by atoms with Crippen molar-refractivity contribution >= 4 is 5.78 Å². The van der Waals surface area contributed by atoms with Crippen molar-refractivity contribution in [3.8, 4) is 11.5 Å². The van der Waals surface area contributed by atoms with Crippen molar-refractivity contribution in [3.05, 3.63) is 23.8 Å². The van der Waals surface area contributed by atoms with Crippen molar-refractivity contribution in [3.63, 3.8) is 0 Å². The van der Waals surface area contributed by atoms with Gasteiger partial charge in [0.05, 0.1) is 5.56 Å². The summed E-state index contributed by atoms with van der Waals surface area (Å²) in [5.74, 6) is -0.0752. The predicted octanol–water partition coefficient (Wildman–Crippen LogP) is 2.08. The van der Waals surface area contributed by atoms with Gasteiger partial charge in [0.25, 0.3) is 0 Å². The Bertz CT molecular complexity index is 367. The molecule has 1 aromatic rings. The maximum absolute atomic E-state index is 11.7. The SMILES string of the molecule is O=C(c1ccc(O)cc1O)C1CCC1. The van der Waals surface area contributed by atoms with Crippen LogP contribution in [-0.4, -0.2) is 16.0 Å². The van der Waals surface area contributed by atoms with E-state index in [1.165, 1.54) is 18.2 Å². The zero-order valence-electron chi connectivity index (χ0n) is 7.73. The number of carbonyl (C=O) groups is 1. The molecule has 1 aliphatic rings. The van der Waals surface area contributed by atoms with Crippen LogP contribution in [0.15, 0.2) is 18.2 Å². The van der Waals surface area contributed by atoms with Gasteiger partial charge in [-0.1, -0.05) is 6.42 Å². The number of aromatic hydroxyl groups is 2. The molecule has 0 bridgehead atoms. The highest BCUT2D eigenvalue weighted by Crippen LogP contribution is 2.33. The Hall–Kier alpha value is -1.51. The van der Waals surface area contributed by atoms with Crippen molar-refractivity contribution in [2.45, 2.75) is 19.3 Å².